The molecular weight excluding hydrogens is 320 g/mol. The van der Waals surface area contributed by atoms with Crippen molar-refractivity contribution in [1.29, 1.82) is 0 Å². The minimum absolute atomic E-state index is 0.427. The molecule has 0 fully saturated rings. The summed E-state index contributed by atoms with van der Waals surface area (Å²) in [4.78, 5) is 12.7. The summed E-state index contributed by atoms with van der Waals surface area (Å²) in [7, 11) is 0. The van der Waals surface area contributed by atoms with Crippen molar-refractivity contribution in [1.82, 2.24) is 0 Å². The Morgan fingerprint density at radius 1 is 1.17 bits per heavy atom. The molecule has 4 heteroatoms. The summed E-state index contributed by atoms with van der Waals surface area (Å²) in [6.45, 7) is 2.69. The molecule has 0 radical (unpaired) electrons. The van der Waals surface area contributed by atoms with Crippen LogP contribution in [0.2, 0.25) is 0 Å². The van der Waals surface area contributed by atoms with Crippen LogP contribution in [0.15, 0.2) is 53.9 Å². The number of hydrogen-bond acceptors (Lipinski definition) is 3. The van der Waals surface area contributed by atoms with E-state index < -0.39 is 11.9 Å². The molecule has 1 unspecified atom stereocenters. The molecule has 3 nitrogen and oxygen atoms in total. The van der Waals surface area contributed by atoms with Gasteiger partial charge in [0, 0.05) is 10.4 Å². The van der Waals surface area contributed by atoms with Gasteiger partial charge in [0.15, 0.2) is 0 Å². The summed E-state index contributed by atoms with van der Waals surface area (Å²) in [6, 6.07) is 15.8. The van der Waals surface area contributed by atoms with Crippen molar-refractivity contribution in [2.45, 2.75) is 25.7 Å². The normalized spacial score (nSPS) is 12.2. The van der Waals surface area contributed by atoms with Crippen LogP contribution in [0.25, 0.3) is 10.8 Å². The summed E-state index contributed by atoms with van der Waals surface area (Å²) >= 11 is 1.49. The van der Waals surface area contributed by atoms with Gasteiger partial charge in [-0.1, -0.05) is 43.3 Å². The highest BCUT2D eigenvalue weighted by Gasteiger charge is 2.24. The predicted octanol–water partition coefficient (Wildman–Crippen LogP) is 5.10. The SMILES string of the molecule is CCCOc1ccc2ccccc2c1CC(C(=O)O)c1cccs1. The first-order valence-corrected chi connectivity index (χ1v) is 8.98. The quantitative estimate of drug-likeness (QED) is 0.651. The molecule has 124 valence electrons. The number of fused-ring (bicyclic) bond motifs is 1. The zero-order valence-electron chi connectivity index (χ0n) is 13.6. The summed E-state index contributed by atoms with van der Waals surface area (Å²) in [5.41, 5.74) is 0.974. The summed E-state index contributed by atoms with van der Waals surface area (Å²) in [6.07, 6.45) is 1.34. The highest BCUT2D eigenvalue weighted by molar-refractivity contribution is 7.10. The number of carboxylic acids is 1. The van der Waals surface area contributed by atoms with Gasteiger partial charge in [-0.15, -0.1) is 11.3 Å². The van der Waals surface area contributed by atoms with E-state index >= 15 is 0 Å². The molecule has 3 rings (SSSR count). The largest absolute Gasteiger partial charge is 0.493 e. The Bertz CT molecular complexity index is 824. The second-order valence-electron chi connectivity index (χ2n) is 5.72. The van der Waals surface area contributed by atoms with Gasteiger partial charge in [0.1, 0.15) is 5.75 Å². The Kier molecular flexibility index (Phi) is 5.16. The average Bonchev–Trinajstić information content (AvgIpc) is 3.12. The summed E-state index contributed by atoms with van der Waals surface area (Å²) in [5.74, 6) is -0.565. The van der Waals surface area contributed by atoms with Crippen molar-refractivity contribution in [3.8, 4) is 5.75 Å². The van der Waals surface area contributed by atoms with E-state index in [0.29, 0.717) is 13.0 Å². The van der Waals surface area contributed by atoms with Crippen LogP contribution in [0.3, 0.4) is 0 Å². The Balaban J connectivity index is 2.06. The predicted molar refractivity (Wildman–Crippen MR) is 98.1 cm³/mol. The van der Waals surface area contributed by atoms with E-state index in [2.05, 4.69) is 6.92 Å². The van der Waals surface area contributed by atoms with Gasteiger partial charge in [0.25, 0.3) is 0 Å². The minimum Gasteiger partial charge on any atom is -0.493 e. The molecule has 3 aromatic rings. The number of hydrogen-bond donors (Lipinski definition) is 1. The van der Waals surface area contributed by atoms with E-state index in [1.807, 2.05) is 53.9 Å². The van der Waals surface area contributed by atoms with Crippen LogP contribution in [0.5, 0.6) is 5.75 Å². The number of carboxylic acid groups (broad SMARTS) is 1. The number of benzene rings is 2. The average molecular weight is 340 g/mol. The van der Waals surface area contributed by atoms with Crippen LogP contribution < -0.4 is 4.74 Å². The first-order valence-electron chi connectivity index (χ1n) is 8.10. The number of aliphatic carboxylic acids is 1. The van der Waals surface area contributed by atoms with E-state index in [-0.39, 0.29) is 0 Å². The first-order chi connectivity index (χ1) is 11.7. The van der Waals surface area contributed by atoms with Gasteiger partial charge in [-0.3, -0.25) is 4.79 Å². The van der Waals surface area contributed by atoms with Gasteiger partial charge in [-0.05, 0) is 41.1 Å². The third-order valence-electron chi connectivity index (χ3n) is 4.05. The highest BCUT2D eigenvalue weighted by Crippen LogP contribution is 2.34. The van der Waals surface area contributed by atoms with E-state index in [1.165, 1.54) is 11.3 Å². The second kappa shape index (κ2) is 7.49. The van der Waals surface area contributed by atoms with Crippen molar-refractivity contribution < 1.29 is 14.6 Å². The van der Waals surface area contributed by atoms with Crippen molar-refractivity contribution in [2.75, 3.05) is 6.61 Å². The van der Waals surface area contributed by atoms with Crippen LogP contribution >= 0.6 is 11.3 Å². The number of ether oxygens (including phenoxy) is 1. The number of rotatable bonds is 7. The highest BCUT2D eigenvalue weighted by atomic mass is 32.1. The van der Waals surface area contributed by atoms with Crippen molar-refractivity contribution >= 4 is 28.1 Å². The molecule has 0 spiro atoms. The molecule has 1 N–H and O–H groups in total. The fourth-order valence-electron chi connectivity index (χ4n) is 2.88. The molecule has 1 heterocycles. The molecule has 1 aromatic heterocycles. The third-order valence-corrected chi connectivity index (χ3v) is 5.04. The van der Waals surface area contributed by atoms with E-state index in [1.54, 1.807) is 0 Å². The van der Waals surface area contributed by atoms with Crippen molar-refractivity contribution in [3.05, 3.63) is 64.4 Å². The molecule has 2 aromatic carbocycles. The van der Waals surface area contributed by atoms with Gasteiger partial charge in [-0.2, -0.15) is 0 Å². The van der Waals surface area contributed by atoms with Gasteiger partial charge in [0.05, 0.1) is 12.5 Å². The maximum atomic E-state index is 11.8. The van der Waals surface area contributed by atoms with Gasteiger partial charge < -0.3 is 9.84 Å². The third kappa shape index (κ3) is 3.44. The molecule has 0 saturated heterocycles. The standard InChI is InChI=1S/C20H20O3S/c1-2-11-23-18-10-9-14-6-3-4-7-15(14)16(18)13-17(20(21)22)19-8-5-12-24-19/h3-10,12,17H,2,11,13H2,1H3,(H,21,22). The molecule has 0 aliphatic carbocycles. The fraction of sp³-hybridized carbons (Fsp3) is 0.250. The maximum absolute atomic E-state index is 11.8. The van der Waals surface area contributed by atoms with Crippen LogP contribution in [0.1, 0.15) is 29.7 Å². The van der Waals surface area contributed by atoms with Gasteiger partial charge in [-0.25, -0.2) is 0 Å². The van der Waals surface area contributed by atoms with Gasteiger partial charge >= 0.3 is 5.97 Å². The Morgan fingerprint density at radius 2 is 2.00 bits per heavy atom. The number of thiophene rings is 1. The fourth-order valence-corrected chi connectivity index (χ4v) is 3.70. The maximum Gasteiger partial charge on any atom is 0.312 e. The van der Waals surface area contributed by atoms with Crippen LogP contribution in [-0.4, -0.2) is 17.7 Å². The zero-order valence-corrected chi connectivity index (χ0v) is 14.4. The van der Waals surface area contributed by atoms with E-state index in [9.17, 15) is 9.90 Å². The summed E-state index contributed by atoms with van der Waals surface area (Å²) in [5, 5.41) is 13.8. The van der Waals surface area contributed by atoms with Crippen molar-refractivity contribution in [3.63, 3.8) is 0 Å². The number of carbonyl (C=O) groups is 1. The van der Waals surface area contributed by atoms with Crippen LogP contribution in [0, 0.1) is 0 Å². The second-order valence-corrected chi connectivity index (χ2v) is 6.70. The molecule has 1 atom stereocenters. The lowest BCUT2D eigenvalue weighted by Crippen LogP contribution is -2.14. The Morgan fingerprint density at radius 3 is 2.71 bits per heavy atom. The molecule has 0 bridgehead atoms. The molecule has 0 saturated carbocycles. The Labute approximate surface area is 145 Å². The van der Waals surface area contributed by atoms with E-state index in [4.69, 9.17) is 4.74 Å². The first kappa shape index (κ1) is 16.5. The Hall–Kier alpha value is -2.33. The minimum atomic E-state index is -0.799. The molecular formula is C20H20O3S. The van der Waals surface area contributed by atoms with Crippen LogP contribution in [-0.2, 0) is 11.2 Å². The van der Waals surface area contributed by atoms with Crippen LogP contribution in [0.4, 0.5) is 0 Å². The van der Waals surface area contributed by atoms with Gasteiger partial charge in [0.2, 0.25) is 0 Å². The van der Waals surface area contributed by atoms with Crippen molar-refractivity contribution in [2.24, 2.45) is 0 Å². The molecule has 24 heavy (non-hydrogen) atoms. The zero-order chi connectivity index (χ0) is 16.9. The lowest BCUT2D eigenvalue weighted by atomic mass is 9.93. The topological polar surface area (TPSA) is 46.5 Å². The van der Waals surface area contributed by atoms with E-state index in [0.717, 1.165) is 33.4 Å². The summed E-state index contributed by atoms with van der Waals surface area (Å²) < 4.78 is 5.90. The monoisotopic (exact) mass is 340 g/mol. The smallest absolute Gasteiger partial charge is 0.312 e. The lowest BCUT2D eigenvalue weighted by molar-refractivity contribution is -0.138. The molecule has 0 aliphatic rings. The molecule has 0 amide bonds. The lowest BCUT2D eigenvalue weighted by Gasteiger charge is -2.17. The molecule has 0 aliphatic heterocycles.